The molecule has 0 fully saturated rings. The minimum absolute atomic E-state index is 0.00131. The van der Waals surface area contributed by atoms with Crippen molar-refractivity contribution in [2.24, 2.45) is 0 Å². The Bertz CT molecular complexity index is 3330. The van der Waals surface area contributed by atoms with Crippen LogP contribution < -0.4 is 31.5 Å². The van der Waals surface area contributed by atoms with Crippen LogP contribution in [0.5, 0.6) is 5.75 Å². The molecule has 0 bridgehead atoms. The van der Waals surface area contributed by atoms with E-state index in [0.29, 0.717) is 45.6 Å². The number of sulfonamides is 1. The molecular weight excluding hydrogens is 1050 g/mol. The van der Waals surface area contributed by atoms with E-state index in [4.69, 9.17) is 21.1 Å². The van der Waals surface area contributed by atoms with Gasteiger partial charge in [0.15, 0.2) is 6.10 Å². The monoisotopic (exact) mass is 1100 g/mol. The molecule has 4 amide bonds. The first kappa shape index (κ1) is 56.5. The molecule has 0 saturated carbocycles. The van der Waals surface area contributed by atoms with Crippen LogP contribution in [0.2, 0.25) is 5.02 Å². The molecule has 0 saturated heterocycles. The number of hydrogen-bond donors (Lipinski definition) is 7. The van der Waals surface area contributed by atoms with Crippen LogP contribution in [0.25, 0.3) is 16.5 Å². The van der Waals surface area contributed by atoms with Gasteiger partial charge in [-0.2, -0.15) is 4.68 Å². The Morgan fingerprint density at radius 1 is 0.753 bits per heavy atom. The number of carbonyl (C=O) groups excluding carboxylic acids is 5. The number of anilines is 5. The highest BCUT2D eigenvalue weighted by Gasteiger charge is 2.24. The van der Waals surface area contributed by atoms with Gasteiger partial charge in [-0.3, -0.25) is 25.2 Å². The van der Waals surface area contributed by atoms with Crippen molar-refractivity contribution in [2.75, 3.05) is 32.7 Å². The summed E-state index contributed by atoms with van der Waals surface area (Å²) in [5.74, 6) is -2.61. The summed E-state index contributed by atoms with van der Waals surface area (Å²) in [7, 11) is -4.07. The average molecular weight is 1110 g/mol. The van der Waals surface area contributed by atoms with E-state index in [9.17, 15) is 37.5 Å². The van der Waals surface area contributed by atoms with Gasteiger partial charge in [-0.15, -0.1) is 5.10 Å². The lowest BCUT2D eigenvalue weighted by molar-refractivity contribution is -0.153. The van der Waals surface area contributed by atoms with Gasteiger partial charge in [0.2, 0.25) is 11.6 Å². The van der Waals surface area contributed by atoms with Gasteiger partial charge in [0.1, 0.15) is 5.75 Å². The summed E-state index contributed by atoms with van der Waals surface area (Å²) in [5.41, 5.74) is 6.55. The number of urea groups is 1. The number of unbranched alkanes of at least 4 members (excludes halogenated alkanes) is 9. The number of fused-ring (bicyclic) bond motifs is 1. The number of hydrazine groups is 1. The van der Waals surface area contributed by atoms with E-state index in [1.54, 1.807) is 60.7 Å². The van der Waals surface area contributed by atoms with E-state index in [2.05, 4.69) is 54.0 Å². The standard InChI is InChI=1S/C54H57ClN10O10S2/c1-3-4-5-6-7-8-9-10-11-14-29-74-51(69)35(2)75-52(70)36-23-28-46(55)47(30-36)59-50(68)45-33-48(43-21-12-13-22-44(43)49(45)67)76-54-61-63-64-65(54)41-19-15-17-39(31-41)57-53(71)58-40-18-16-20-42(32-40)77(72,73)62-38-26-24-37(25-27-38)60-56-34-66/h12-13,15-28,30-35,60,62,67H,3-11,14,29H2,1-2H3,(H,56,66)(H,59,68)(H2,57,58,71). The van der Waals surface area contributed by atoms with Crippen molar-refractivity contribution in [3.63, 3.8) is 0 Å². The van der Waals surface area contributed by atoms with E-state index in [1.165, 1.54) is 111 Å². The predicted molar refractivity (Wildman–Crippen MR) is 295 cm³/mol. The molecule has 7 aromatic rings. The summed E-state index contributed by atoms with van der Waals surface area (Å²) >= 11 is 7.59. The number of carbonyl (C=O) groups is 5. The van der Waals surface area contributed by atoms with Gasteiger partial charge in [-0.1, -0.05) is 113 Å². The summed E-state index contributed by atoms with van der Waals surface area (Å²) in [4.78, 5) is 64.1. The molecule has 0 radical (unpaired) electrons. The van der Waals surface area contributed by atoms with Crippen LogP contribution >= 0.6 is 23.4 Å². The highest BCUT2D eigenvalue weighted by molar-refractivity contribution is 7.99. The number of halogens is 1. The maximum atomic E-state index is 14.0. The fourth-order valence-corrected chi connectivity index (χ4v) is 10.1. The van der Waals surface area contributed by atoms with Gasteiger partial charge in [0, 0.05) is 27.3 Å². The van der Waals surface area contributed by atoms with Crippen LogP contribution in [-0.4, -0.2) is 76.7 Å². The van der Waals surface area contributed by atoms with Crippen molar-refractivity contribution in [3.05, 3.63) is 137 Å². The largest absolute Gasteiger partial charge is 0.506 e. The molecular formula is C54H57ClN10O10S2. The van der Waals surface area contributed by atoms with Gasteiger partial charge in [0.05, 0.1) is 44.7 Å². The van der Waals surface area contributed by atoms with Gasteiger partial charge in [-0.25, -0.2) is 22.8 Å². The average Bonchev–Trinajstić information content (AvgIpc) is 3.89. The van der Waals surface area contributed by atoms with Gasteiger partial charge >= 0.3 is 18.0 Å². The highest BCUT2D eigenvalue weighted by atomic mass is 35.5. The number of rotatable bonds is 27. The molecule has 402 valence electrons. The number of nitrogens with one attached hydrogen (secondary N) is 6. The molecule has 1 aromatic heterocycles. The lowest BCUT2D eigenvalue weighted by atomic mass is 10.0. The fraction of sp³-hybridized carbons (Fsp3) is 0.259. The molecule has 1 unspecified atom stereocenters. The van der Waals surface area contributed by atoms with Gasteiger partial charge in [0.25, 0.3) is 15.9 Å². The highest BCUT2D eigenvalue weighted by Crippen LogP contribution is 2.40. The minimum atomic E-state index is -4.07. The van der Waals surface area contributed by atoms with Gasteiger partial charge in [-0.05, 0) is 126 Å². The van der Waals surface area contributed by atoms with Crippen molar-refractivity contribution in [1.82, 2.24) is 25.6 Å². The van der Waals surface area contributed by atoms with E-state index < -0.39 is 40.0 Å². The van der Waals surface area contributed by atoms with Crippen molar-refractivity contribution >= 4 is 103 Å². The maximum Gasteiger partial charge on any atom is 0.347 e. The van der Waals surface area contributed by atoms with E-state index in [-0.39, 0.29) is 55.6 Å². The topological polar surface area (TPSA) is 274 Å². The Kier molecular flexibility index (Phi) is 20.2. The van der Waals surface area contributed by atoms with Crippen molar-refractivity contribution in [3.8, 4) is 11.4 Å². The molecule has 0 aliphatic heterocycles. The summed E-state index contributed by atoms with van der Waals surface area (Å²) in [6.45, 7) is 3.85. The first-order chi connectivity index (χ1) is 37.2. The third-order valence-corrected chi connectivity index (χ3v) is 14.5. The third-order valence-electron chi connectivity index (χ3n) is 11.8. The van der Waals surface area contributed by atoms with E-state index in [1.807, 2.05) is 0 Å². The molecule has 7 N–H and O–H groups in total. The SMILES string of the molecule is CCCCCCCCCCCCOC(=O)C(C)OC(=O)c1ccc(Cl)c(NC(=O)c2cc(Sc3nnnn3-c3cccc(NC(=O)Nc4cccc(S(=O)(=O)Nc5ccc(NNC=O)cc5)c4)c3)c3ccccc3c2O)c1. The van der Waals surface area contributed by atoms with E-state index in [0.717, 1.165) is 31.0 Å². The minimum Gasteiger partial charge on any atom is -0.506 e. The number of aromatic nitrogens is 4. The summed E-state index contributed by atoms with van der Waals surface area (Å²) in [6, 6.07) is 30.2. The van der Waals surface area contributed by atoms with Crippen LogP contribution in [0, 0.1) is 0 Å². The smallest absolute Gasteiger partial charge is 0.347 e. The fourth-order valence-electron chi connectivity index (χ4n) is 7.88. The van der Waals surface area contributed by atoms with Crippen LogP contribution in [0.4, 0.5) is 33.2 Å². The van der Waals surface area contributed by atoms with Gasteiger partial charge < -0.3 is 30.5 Å². The lowest BCUT2D eigenvalue weighted by Crippen LogP contribution is -2.26. The second-order valence-electron chi connectivity index (χ2n) is 17.6. The molecule has 1 heterocycles. The zero-order valence-electron chi connectivity index (χ0n) is 42.1. The molecule has 20 nitrogen and oxygen atoms in total. The lowest BCUT2D eigenvalue weighted by Gasteiger charge is -2.15. The molecule has 6 aromatic carbocycles. The quantitative estimate of drug-likeness (QED) is 0.0109. The Balaban J connectivity index is 0.973. The first-order valence-electron chi connectivity index (χ1n) is 24.8. The Labute approximate surface area is 454 Å². The summed E-state index contributed by atoms with van der Waals surface area (Å²) in [5, 5.41) is 33.1. The second kappa shape index (κ2) is 27.5. The molecule has 0 spiro atoms. The zero-order chi connectivity index (χ0) is 54.7. The predicted octanol–water partition coefficient (Wildman–Crippen LogP) is 11.1. The van der Waals surface area contributed by atoms with Crippen molar-refractivity contribution in [1.29, 1.82) is 0 Å². The molecule has 23 heteroatoms. The number of tetrazole rings is 1. The Morgan fingerprint density at radius 3 is 2.13 bits per heavy atom. The summed E-state index contributed by atoms with van der Waals surface area (Å²) < 4.78 is 41.1. The Hall–Kier alpha value is -8.21. The zero-order valence-corrected chi connectivity index (χ0v) is 44.5. The number of benzene rings is 6. The number of phenolic OH excluding ortho intramolecular Hbond substituents is 1. The molecule has 0 aliphatic rings. The number of nitrogens with zero attached hydrogens (tertiary/aromatic N) is 4. The number of amides is 4. The first-order valence-corrected chi connectivity index (χ1v) is 27.5. The van der Waals surface area contributed by atoms with Crippen LogP contribution in [-0.2, 0) is 29.1 Å². The number of hydrogen-bond acceptors (Lipinski definition) is 15. The number of esters is 2. The van der Waals surface area contributed by atoms with Crippen molar-refractivity contribution < 1.29 is 47.0 Å². The maximum absolute atomic E-state index is 14.0. The number of phenols is 1. The molecule has 0 aliphatic carbocycles. The van der Waals surface area contributed by atoms with E-state index >= 15 is 0 Å². The number of ether oxygens (including phenoxy) is 2. The Morgan fingerprint density at radius 2 is 1.42 bits per heavy atom. The normalized spacial score (nSPS) is 11.5. The second-order valence-corrected chi connectivity index (χ2v) is 20.7. The van der Waals surface area contributed by atoms with Crippen LogP contribution in [0.1, 0.15) is 98.8 Å². The molecule has 1 atom stereocenters. The molecule has 7 rings (SSSR count). The van der Waals surface area contributed by atoms with Crippen LogP contribution in [0.15, 0.2) is 136 Å². The summed E-state index contributed by atoms with van der Waals surface area (Å²) in [6.07, 6.45) is 10.7. The van der Waals surface area contributed by atoms with Crippen molar-refractivity contribution in [2.45, 2.75) is 99.1 Å². The van der Waals surface area contributed by atoms with Crippen LogP contribution in [0.3, 0.4) is 0 Å². The molecule has 77 heavy (non-hydrogen) atoms. The third kappa shape index (κ3) is 15.9. The number of aromatic hydroxyl groups is 1.